The molecule has 10 heteroatoms. The zero-order valence-corrected chi connectivity index (χ0v) is 38.3. The Morgan fingerprint density at radius 2 is 0.864 bits per heavy atom. The van der Waals surface area contributed by atoms with Gasteiger partial charge in [0.1, 0.15) is 0 Å². The van der Waals surface area contributed by atoms with Crippen molar-refractivity contribution in [3.8, 4) is 0 Å². The molecule has 0 aliphatic carbocycles. The lowest BCUT2D eigenvalue weighted by Gasteiger charge is -2.21. The fraction of sp³-hybridized carbons (Fsp3) is 0.796. The van der Waals surface area contributed by atoms with Gasteiger partial charge in [-0.25, -0.2) is 0 Å². The van der Waals surface area contributed by atoms with Gasteiger partial charge < -0.3 is 38.4 Å². The van der Waals surface area contributed by atoms with Gasteiger partial charge in [-0.15, -0.1) is 0 Å². The third kappa shape index (κ3) is 42.2. The maximum Gasteiger partial charge on any atom is 0.305 e. The van der Waals surface area contributed by atoms with Crippen LogP contribution in [0.25, 0.3) is 0 Å². The second-order valence-corrected chi connectivity index (χ2v) is 15.0. The maximum absolute atomic E-state index is 12.3. The molecule has 10 nitrogen and oxygen atoms in total. The Morgan fingerprint density at radius 1 is 0.475 bits per heavy atom. The molecule has 0 aliphatic rings. The third-order valence-corrected chi connectivity index (χ3v) is 9.62. The summed E-state index contributed by atoms with van der Waals surface area (Å²) in [6.45, 7) is 14.6. The zero-order valence-electron chi connectivity index (χ0n) is 38.3. The van der Waals surface area contributed by atoms with Crippen LogP contribution in [-0.2, 0) is 38.0 Å². The molecule has 59 heavy (non-hydrogen) atoms. The number of hydrogen-bond acceptors (Lipinski definition) is 10. The molecular weight excluding hydrogens is 747 g/mol. The van der Waals surface area contributed by atoms with E-state index in [4.69, 9.17) is 28.4 Å². The Labute approximate surface area is 361 Å². The quantitative estimate of drug-likeness (QED) is 0.0275. The second-order valence-electron chi connectivity index (χ2n) is 15.0. The Bertz CT molecular complexity index is 1010. The number of aliphatic hydroxyl groups excluding tert-OH is 1. The summed E-state index contributed by atoms with van der Waals surface area (Å²) in [4.78, 5) is 26.9. The van der Waals surface area contributed by atoms with E-state index in [0.29, 0.717) is 59.0 Å². The summed E-state index contributed by atoms with van der Waals surface area (Å²) in [6.07, 6.45) is 36.9. The van der Waals surface area contributed by atoms with Crippen molar-refractivity contribution >= 4 is 11.9 Å². The van der Waals surface area contributed by atoms with Gasteiger partial charge in [-0.2, -0.15) is 0 Å². The molecule has 0 aromatic heterocycles. The lowest BCUT2D eigenvalue weighted by molar-refractivity contribution is -0.147. The first-order valence-electron chi connectivity index (χ1n) is 23.7. The topological polar surface area (TPSA) is 113 Å². The molecule has 0 heterocycles. The molecule has 0 aromatic carbocycles. The van der Waals surface area contributed by atoms with Crippen LogP contribution in [0.2, 0.25) is 0 Å². The number of unbranched alkanes of at least 4 members (excludes halogenated alkanes) is 8. The highest BCUT2D eigenvalue weighted by molar-refractivity contribution is 5.69. The van der Waals surface area contributed by atoms with Crippen molar-refractivity contribution < 1.29 is 43.1 Å². The predicted octanol–water partition coefficient (Wildman–Crippen LogP) is 11.4. The number of hydrogen-bond donors (Lipinski definition) is 1. The van der Waals surface area contributed by atoms with Gasteiger partial charge in [-0.05, 0) is 129 Å². The fourth-order valence-electron chi connectivity index (χ4n) is 6.26. The van der Waals surface area contributed by atoms with Gasteiger partial charge >= 0.3 is 11.9 Å². The highest BCUT2D eigenvalue weighted by Gasteiger charge is 2.12. The van der Waals surface area contributed by atoms with Gasteiger partial charge in [0.15, 0.2) is 12.6 Å². The van der Waals surface area contributed by atoms with E-state index < -0.39 is 0 Å². The van der Waals surface area contributed by atoms with Crippen LogP contribution < -0.4 is 0 Å². The highest BCUT2D eigenvalue weighted by atomic mass is 16.7. The van der Waals surface area contributed by atoms with Crippen LogP contribution in [0, 0.1) is 0 Å². The van der Waals surface area contributed by atoms with Gasteiger partial charge in [0.2, 0.25) is 0 Å². The molecule has 0 aromatic rings. The standard InChI is InChI=1S/C49H89NO9/c1-5-9-13-27-43-57-48(56-42-26-12-8-4)34-22-20-32-46(52)54-40-30-18-16-24-36-50(38-39-51)37-25-17-19-31-41-55-47(53)33-21-23-35-49(58-44-28-14-10-6-2)59-45-29-15-11-7-3/h8-15,48-49,51H,5-7,16-45H2,1-4H3/b12-8-,13-9-,14-10-,15-11-. The average molecular weight is 836 g/mol. The Hall–Kier alpha value is -2.34. The van der Waals surface area contributed by atoms with Crippen molar-refractivity contribution in [3.63, 3.8) is 0 Å². The summed E-state index contributed by atoms with van der Waals surface area (Å²) in [5.41, 5.74) is 0. The summed E-state index contributed by atoms with van der Waals surface area (Å²) < 4.78 is 34.8. The van der Waals surface area contributed by atoms with Crippen molar-refractivity contribution in [3.05, 3.63) is 48.6 Å². The van der Waals surface area contributed by atoms with Crippen LogP contribution in [-0.4, -0.2) is 100 Å². The van der Waals surface area contributed by atoms with E-state index in [1.165, 1.54) is 0 Å². The van der Waals surface area contributed by atoms with Crippen molar-refractivity contribution in [2.24, 2.45) is 0 Å². The van der Waals surface area contributed by atoms with Gasteiger partial charge in [0.25, 0.3) is 0 Å². The van der Waals surface area contributed by atoms with E-state index in [9.17, 15) is 14.7 Å². The minimum atomic E-state index is -0.234. The molecule has 0 aliphatic heterocycles. The molecule has 0 rings (SSSR count). The van der Waals surface area contributed by atoms with Gasteiger partial charge in [0.05, 0.1) is 46.2 Å². The maximum atomic E-state index is 12.3. The number of carbonyl (C=O) groups is 2. The number of esters is 2. The minimum absolute atomic E-state index is 0.125. The normalized spacial score (nSPS) is 12.7. The number of rotatable bonds is 45. The van der Waals surface area contributed by atoms with Gasteiger partial charge in [0, 0.05) is 19.4 Å². The summed E-state index contributed by atoms with van der Waals surface area (Å²) >= 11 is 0. The van der Waals surface area contributed by atoms with Crippen LogP contribution in [0.4, 0.5) is 0 Å². The fourth-order valence-corrected chi connectivity index (χ4v) is 6.26. The molecule has 0 radical (unpaired) electrons. The highest BCUT2D eigenvalue weighted by Crippen LogP contribution is 2.13. The van der Waals surface area contributed by atoms with Crippen molar-refractivity contribution in [2.75, 3.05) is 65.9 Å². The van der Waals surface area contributed by atoms with E-state index in [2.05, 4.69) is 68.2 Å². The van der Waals surface area contributed by atoms with Crippen molar-refractivity contribution in [1.29, 1.82) is 0 Å². The minimum Gasteiger partial charge on any atom is -0.466 e. The summed E-state index contributed by atoms with van der Waals surface area (Å²) in [5, 5.41) is 9.56. The number of allylic oxidation sites excluding steroid dienone is 4. The van der Waals surface area contributed by atoms with Crippen LogP contribution >= 0.6 is 0 Å². The monoisotopic (exact) mass is 836 g/mol. The van der Waals surface area contributed by atoms with E-state index in [0.717, 1.165) is 148 Å². The third-order valence-electron chi connectivity index (χ3n) is 9.62. The SMILES string of the molecule is C/C=C\CCOC(CCCCC(=O)OCCCCCCN(CCO)CCCCCCOC(=O)CCCCC(OCC/C=C\CC)OCC/C=C\CC)OCC/C=C\CC. The Morgan fingerprint density at radius 3 is 1.24 bits per heavy atom. The Balaban J connectivity index is 3.99. The lowest BCUT2D eigenvalue weighted by Crippen LogP contribution is -2.29. The molecule has 0 saturated heterocycles. The van der Waals surface area contributed by atoms with Crippen LogP contribution in [0.15, 0.2) is 48.6 Å². The number of carbonyl (C=O) groups excluding carboxylic acids is 2. The van der Waals surface area contributed by atoms with E-state index in [1.54, 1.807) is 0 Å². The number of nitrogens with zero attached hydrogens (tertiary/aromatic N) is 1. The molecule has 0 amide bonds. The molecule has 344 valence electrons. The zero-order chi connectivity index (χ0) is 43.1. The molecule has 0 fully saturated rings. The van der Waals surface area contributed by atoms with Crippen LogP contribution in [0.1, 0.15) is 175 Å². The Kier molecular flexibility index (Phi) is 44.9. The second kappa shape index (κ2) is 46.7. The first-order valence-corrected chi connectivity index (χ1v) is 23.7. The lowest BCUT2D eigenvalue weighted by atomic mass is 10.1. The van der Waals surface area contributed by atoms with E-state index in [-0.39, 0.29) is 31.1 Å². The molecule has 1 atom stereocenters. The molecule has 1 N–H and O–H groups in total. The molecule has 0 bridgehead atoms. The summed E-state index contributed by atoms with van der Waals surface area (Å²) in [6, 6.07) is 0. The van der Waals surface area contributed by atoms with E-state index >= 15 is 0 Å². The summed E-state index contributed by atoms with van der Waals surface area (Å²) in [5.74, 6) is -0.252. The number of ether oxygens (including phenoxy) is 6. The predicted molar refractivity (Wildman–Crippen MR) is 242 cm³/mol. The molecule has 0 spiro atoms. The van der Waals surface area contributed by atoms with Crippen molar-refractivity contribution in [1.82, 2.24) is 4.90 Å². The smallest absolute Gasteiger partial charge is 0.305 e. The average Bonchev–Trinajstić information content (AvgIpc) is 3.23. The first-order chi connectivity index (χ1) is 29.0. The number of aliphatic hydroxyl groups is 1. The molecule has 1 unspecified atom stereocenters. The largest absolute Gasteiger partial charge is 0.466 e. The van der Waals surface area contributed by atoms with Crippen molar-refractivity contribution in [2.45, 2.75) is 188 Å². The molecular formula is C49H89NO9. The molecule has 0 saturated carbocycles. The van der Waals surface area contributed by atoms with Gasteiger partial charge in [-0.1, -0.05) is 95.1 Å². The first kappa shape index (κ1) is 56.7. The van der Waals surface area contributed by atoms with E-state index in [1.807, 2.05) is 13.0 Å². The van der Waals surface area contributed by atoms with Crippen LogP contribution in [0.3, 0.4) is 0 Å². The summed E-state index contributed by atoms with van der Waals surface area (Å²) in [7, 11) is 0. The van der Waals surface area contributed by atoms with Gasteiger partial charge in [-0.3, -0.25) is 9.59 Å². The van der Waals surface area contributed by atoms with Crippen LogP contribution in [0.5, 0.6) is 0 Å².